The van der Waals surface area contributed by atoms with E-state index in [-0.39, 0.29) is 24.5 Å². The largest absolute Gasteiger partial charge is 0.396 e. The molecule has 0 spiro atoms. The van der Waals surface area contributed by atoms with Crippen LogP contribution in [-0.4, -0.2) is 90.8 Å². The summed E-state index contributed by atoms with van der Waals surface area (Å²) in [5.74, 6) is 0.560. The average molecular weight is 284 g/mol. The lowest BCUT2D eigenvalue weighted by atomic mass is 10.1. The Balaban J connectivity index is 1.95. The SMILES string of the molecule is CC(C)N1CCN(C(=O)[C@@H]2C[C@@H](CO)C[N+]2(C)C)CC1. The number of aliphatic hydroxyl groups excluding tert-OH is 1. The predicted molar refractivity (Wildman–Crippen MR) is 79.2 cm³/mol. The van der Waals surface area contributed by atoms with Gasteiger partial charge in [0.1, 0.15) is 0 Å². The molecule has 2 heterocycles. The van der Waals surface area contributed by atoms with Crippen molar-refractivity contribution in [1.29, 1.82) is 0 Å². The van der Waals surface area contributed by atoms with Crippen LogP contribution in [0.2, 0.25) is 0 Å². The molecule has 0 aliphatic carbocycles. The second-order valence-electron chi connectivity index (χ2n) is 7.22. The number of hydrogen-bond donors (Lipinski definition) is 1. The van der Waals surface area contributed by atoms with Gasteiger partial charge in [-0.1, -0.05) is 0 Å². The van der Waals surface area contributed by atoms with Crippen molar-refractivity contribution in [3.63, 3.8) is 0 Å². The minimum atomic E-state index is 0.0257. The second kappa shape index (κ2) is 6.00. The van der Waals surface area contributed by atoms with Gasteiger partial charge in [-0.3, -0.25) is 9.69 Å². The Morgan fingerprint density at radius 1 is 1.25 bits per heavy atom. The fourth-order valence-electron chi connectivity index (χ4n) is 3.67. The normalized spacial score (nSPS) is 31.0. The van der Waals surface area contributed by atoms with Gasteiger partial charge in [-0.2, -0.15) is 0 Å². The van der Waals surface area contributed by atoms with Gasteiger partial charge in [0.05, 0.1) is 27.2 Å². The van der Waals surface area contributed by atoms with Crippen LogP contribution in [0.15, 0.2) is 0 Å². The third kappa shape index (κ3) is 3.15. The molecule has 116 valence electrons. The third-order valence-corrected chi connectivity index (χ3v) is 5.03. The first-order chi connectivity index (χ1) is 9.35. The van der Waals surface area contributed by atoms with Gasteiger partial charge in [0.15, 0.2) is 6.04 Å². The quantitative estimate of drug-likeness (QED) is 0.742. The Hall–Kier alpha value is -0.650. The third-order valence-electron chi connectivity index (χ3n) is 5.03. The summed E-state index contributed by atoms with van der Waals surface area (Å²) in [6.07, 6.45) is 0.826. The maximum atomic E-state index is 12.8. The van der Waals surface area contributed by atoms with Crippen LogP contribution in [0.1, 0.15) is 20.3 Å². The molecular weight excluding hydrogens is 254 g/mol. The molecule has 1 N–H and O–H groups in total. The standard InChI is InChI=1S/C15H30N3O2/c1-12(2)16-5-7-17(8-6-16)15(20)14-9-13(11-19)10-18(14,3)4/h12-14,19H,5-11H2,1-4H3/q+1/t13-,14+/m1/s1. The van der Waals surface area contributed by atoms with Crippen LogP contribution < -0.4 is 0 Å². The van der Waals surface area contributed by atoms with Crippen molar-refractivity contribution in [2.45, 2.75) is 32.4 Å². The molecule has 1 amide bonds. The summed E-state index contributed by atoms with van der Waals surface area (Å²) in [5, 5.41) is 9.36. The van der Waals surface area contributed by atoms with Crippen LogP contribution in [-0.2, 0) is 4.79 Å². The van der Waals surface area contributed by atoms with E-state index in [2.05, 4.69) is 32.8 Å². The number of carbonyl (C=O) groups excluding carboxylic acids is 1. The number of aliphatic hydroxyl groups is 1. The molecule has 5 heteroatoms. The second-order valence-corrected chi connectivity index (χ2v) is 7.22. The maximum absolute atomic E-state index is 12.8. The van der Waals surface area contributed by atoms with Gasteiger partial charge < -0.3 is 14.5 Å². The lowest BCUT2D eigenvalue weighted by Gasteiger charge is -2.40. The van der Waals surface area contributed by atoms with Crippen LogP contribution in [0.4, 0.5) is 0 Å². The fraction of sp³-hybridized carbons (Fsp3) is 0.933. The van der Waals surface area contributed by atoms with E-state index in [1.807, 2.05) is 4.90 Å². The lowest BCUT2D eigenvalue weighted by Crippen LogP contribution is -2.58. The van der Waals surface area contributed by atoms with Crippen molar-refractivity contribution in [3.8, 4) is 0 Å². The molecule has 2 rings (SSSR count). The molecule has 0 saturated carbocycles. The molecule has 0 aromatic carbocycles. The summed E-state index contributed by atoms with van der Waals surface area (Å²) in [4.78, 5) is 17.2. The first-order valence-electron chi connectivity index (χ1n) is 7.81. The summed E-state index contributed by atoms with van der Waals surface area (Å²) in [7, 11) is 4.23. The first-order valence-corrected chi connectivity index (χ1v) is 7.81. The fourth-order valence-corrected chi connectivity index (χ4v) is 3.67. The zero-order valence-corrected chi connectivity index (χ0v) is 13.4. The van der Waals surface area contributed by atoms with E-state index in [0.717, 1.165) is 39.1 Å². The van der Waals surface area contributed by atoms with E-state index in [4.69, 9.17) is 0 Å². The number of likely N-dealkylation sites (tertiary alicyclic amines) is 1. The summed E-state index contributed by atoms with van der Waals surface area (Å²) in [5.41, 5.74) is 0. The first kappa shape index (κ1) is 15.7. The van der Waals surface area contributed by atoms with E-state index in [0.29, 0.717) is 10.5 Å². The zero-order chi connectivity index (χ0) is 14.9. The Morgan fingerprint density at radius 2 is 1.85 bits per heavy atom. The summed E-state index contributed by atoms with van der Waals surface area (Å²) >= 11 is 0. The highest BCUT2D eigenvalue weighted by Gasteiger charge is 2.46. The van der Waals surface area contributed by atoms with Crippen molar-refractivity contribution in [2.75, 3.05) is 53.4 Å². The molecule has 0 unspecified atom stereocenters. The molecule has 0 bridgehead atoms. The molecule has 0 aromatic rings. The summed E-state index contributed by atoms with van der Waals surface area (Å²) in [6.45, 7) is 9.17. The molecule has 0 radical (unpaired) electrons. The zero-order valence-electron chi connectivity index (χ0n) is 13.4. The number of likely N-dealkylation sites (N-methyl/N-ethyl adjacent to an activating group) is 1. The van der Waals surface area contributed by atoms with Gasteiger partial charge in [0.25, 0.3) is 5.91 Å². The summed E-state index contributed by atoms with van der Waals surface area (Å²) < 4.78 is 0.717. The van der Waals surface area contributed by atoms with Crippen LogP contribution in [0.25, 0.3) is 0 Å². The molecule has 2 saturated heterocycles. The van der Waals surface area contributed by atoms with Gasteiger partial charge in [0, 0.05) is 44.6 Å². The number of piperazine rings is 1. The van der Waals surface area contributed by atoms with Crippen molar-refractivity contribution in [1.82, 2.24) is 9.80 Å². The smallest absolute Gasteiger partial charge is 0.281 e. The summed E-state index contributed by atoms with van der Waals surface area (Å²) in [6, 6.07) is 0.586. The predicted octanol–water partition coefficient (Wildman–Crippen LogP) is -0.00380. The number of nitrogens with zero attached hydrogens (tertiary/aromatic N) is 3. The van der Waals surface area contributed by atoms with Crippen molar-refractivity contribution < 1.29 is 14.4 Å². The van der Waals surface area contributed by atoms with Crippen LogP contribution in [0.5, 0.6) is 0 Å². The van der Waals surface area contributed by atoms with Gasteiger partial charge in [-0.05, 0) is 13.8 Å². The molecule has 0 aromatic heterocycles. The van der Waals surface area contributed by atoms with Crippen LogP contribution in [0, 0.1) is 5.92 Å². The van der Waals surface area contributed by atoms with Gasteiger partial charge >= 0.3 is 0 Å². The van der Waals surface area contributed by atoms with E-state index < -0.39 is 0 Å². The Morgan fingerprint density at radius 3 is 2.30 bits per heavy atom. The maximum Gasteiger partial charge on any atom is 0.281 e. The number of quaternary nitrogens is 1. The van der Waals surface area contributed by atoms with E-state index in [1.54, 1.807) is 0 Å². The van der Waals surface area contributed by atoms with Crippen molar-refractivity contribution in [3.05, 3.63) is 0 Å². The van der Waals surface area contributed by atoms with Crippen LogP contribution in [0.3, 0.4) is 0 Å². The highest BCUT2D eigenvalue weighted by Crippen LogP contribution is 2.29. The Labute approximate surface area is 122 Å². The minimum absolute atomic E-state index is 0.0257. The number of rotatable bonds is 3. The Kier molecular flexibility index (Phi) is 4.72. The minimum Gasteiger partial charge on any atom is -0.396 e. The average Bonchev–Trinajstić information content (AvgIpc) is 2.73. The topological polar surface area (TPSA) is 43.8 Å². The van der Waals surface area contributed by atoms with Crippen LogP contribution >= 0.6 is 0 Å². The molecule has 2 aliphatic heterocycles. The van der Waals surface area contributed by atoms with Gasteiger partial charge in [-0.15, -0.1) is 0 Å². The molecule has 20 heavy (non-hydrogen) atoms. The molecule has 2 atom stereocenters. The van der Waals surface area contributed by atoms with Gasteiger partial charge in [0.2, 0.25) is 0 Å². The monoisotopic (exact) mass is 284 g/mol. The highest BCUT2D eigenvalue weighted by molar-refractivity contribution is 5.81. The Bertz CT molecular complexity index is 349. The number of hydrogen-bond acceptors (Lipinski definition) is 3. The molecule has 2 aliphatic rings. The van der Waals surface area contributed by atoms with E-state index in [9.17, 15) is 9.90 Å². The van der Waals surface area contributed by atoms with Gasteiger partial charge in [-0.25, -0.2) is 0 Å². The molecule has 5 nitrogen and oxygen atoms in total. The molecular formula is C15H30N3O2+. The number of amides is 1. The van der Waals surface area contributed by atoms with Crippen molar-refractivity contribution >= 4 is 5.91 Å². The van der Waals surface area contributed by atoms with Crippen molar-refractivity contribution in [2.24, 2.45) is 5.92 Å². The van der Waals surface area contributed by atoms with E-state index >= 15 is 0 Å². The van der Waals surface area contributed by atoms with E-state index in [1.165, 1.54) is 0 Å². The highest BCUT2D eigenvalue weighted by atomic mass is 16.3. The number of carbonyl (C=O) groups is 1. The lowest BCUT2D eigenvalue weighted by molar-refractivity contribution is -0.894. The molecule has 2 fully saturated rings.